The predicted octanol–water partition coefficient (Wildman–Crippen LogP) is 3.69. The molecule has 1 aliphatic carbocycles. The maximum Gasteiger partial charge on any atom is 0.358 e. The molecule has 0 bridgehead atoms. The maximum absolute atomic E-state index is 11.0. The number of methoxy groups -OCH3 is 1. The topological polar surface area (TPSA) is 72.6 Å². The standard InChI is InChI=1S/C15H14BrNO4/c1-20-14-10(16)6-8-4-2-3-5-9(8)13(14)12-7-11(15(18)19)17-21-12/h6-7H,2-5H2,1H3,(H,18,19). The number of carboxylic acids is 1. The Hall–Kier alpha value is -1.82. The van der Waals surface area contributed by atoms with Crippen LogP contribution in [-0.4, -0.2) is 23.3 Å². The molecular formula is C15H14BrNO4. The van der Waals surface area contributed by atoms with Crippen LogP contribution >= 0.6 is 15.9 Å². The van der Waals surface area contributed by atoms with Crippen LogP contribution in [0.4, 0.5) is 0 Å². The van der Waals surface area contributed by atoms with Crippen molar-refractivity contribution >= 4 is 21.9 Å². The van der Waals surface area contributed by atoms with Gasteiger partial charge < -0.3 is 14.4 Å². The van der Waals surface area contributed by atoms with Crippen molar-refractivity contribution in [2.45, 2.75) is 25.7 Å². The van der Waals surface area contributed by atoms with Gasteiger partial charge in [0.05, 0.1) is 17.1 Å². The molecule has 0 unspecified atom stereocenters. The highest BCUT2D eigenvalue weighted by Crippen LogP contribution is 2.43. The lowest BCUT2D eigenvalue weighted by Crippen LogP contribution is -2.06. The van der Waals surface area contributed by atoms with E-state index in [0.29, 0.717) is 11.5 Å². The van der Waals surface area contributed by atoms with Crippen LogP contribution in [0.1, 0.15) is 34.5 Å². The summed E-state index contributed by atoms with van der Waals surface area (Å²) >= 11 is 3.52. The van der Waals surface area contributed by atoms with Gasteiger partial charge in [-0.3, -0.25) is 0 Å². The Labute approximate surface area is 130 Å². The lowest BCUT2D eigenvalue weighted by molar-refractivity contribution is 0.0686. The largest absolute Gasteiger partial charge is 0.495 e. The van der Waals surface area contributed by atoms with Crippen molar-refractivity contribution in [1.29, 1.82) is 0 Å². The van der Waals surface area contributed by atoms with Gasteiger partial charge in [-0.1, -0.05) is 5.16 Å². The molecule has 0 fully saturated rings. The maximum atomic E-state index is 11.0. The van der Waals surface area contributed by atoms with E-state index in [1.54, 1.807) is 7.11 Å². The minimum absolute atomic E-state index is 0.100. The van der Waals surface area contributed by atoms with Crippen LogP contribution in [0.5, 0.6) is 5.75 Å². The Morgan fingerprint density at radius 2 is 2.14 bits per heavy atom. The van der Waals surface area contributed by atoms with Crippen LogP contribution in [0, 0.1) is 0 Å². The monoisotopic (exact) mass is 351 g/mol. The van der Waals surface area contributed by atoms with Crippen LogP contribution in [0.25, 0.3) is 11.3 Å². The fourth-order valence-corrected chi connectivity index (χ4v) is 3.44. The molecule has 3 rings (SSSR count). The predicted molar refractivity (Wildman–Crippen MR) is 79.8 cm³/mol. The third-order valence-electron chi connectivity index (χ3n) is 3.74. The average Bonchev–Trinajstić information content (AvgIpc) is 2.95. The molecule has 21 heavy (non-hydrogen) atoms. The molecule has 0 saturated heterocycles. The Kier molecular flexibility index (Phi) is 3.71. The Bertz CT molecular complexity index is 708. The number of aryl methyl sites for hydroxylation is 1. The average molecular weight is 352 g/mol. The Balaban J connectivity index is 2.23. The Morgan fingerprint density at radius 1 is 1.38 bits per heavy atom. The number of rotatable bonds is 3. The van der Waals surface area contributed by atoms with E-state index in [1.807, 2.05) is 0 Å². The van der Waals surface area contributed by atoms with Crippen LogP contribution < -0.4 is 4.74 Å². The van der Waals surface area contributed by atoms with Crippen molar-refractivity contribution in [3.8, 4) is 17.1 Å². The van der Waals surface area contributed by atoms with E-state index in [-0.39, 0.29) is 5.69 Å². The second kappa shape index (κ2) is 5.52. The van der Waals surface area contributed by atoms with Gasteiger partial charge in [-0.25, -0.2) is 4.79 Å². The van der Waals surface area contributed by atoms with Gasteiger partial charge in [-0.05, 0) is 58.8 Å². The molecule has 0 atom stereocenters. The van der Waals surface area contributed by atoms with Crippen LogP contribution in [0.2, 0.25) is 0 Å². The van der Waals surface area contributed by atoms with Crippen molar-refractivity contribution in [2.24, 2.45) is 0 Å². The van der Waals surface area contributed by atoms with E-state index >= 15 is 0 Å². The zero-order chi connectivity index (χ0) is 15.0. The van der Waals surface area contributed by atoms with Gasteiger partial charge in [0, 0.05) is 6.07 Å². The number of fused-ring (bicyclic) bond motifs is 1. The number of nitrogens with zero attached hydrogens (tertiary/aromatic N) is 1. The van der Waals surface area contributed by atoms with Crippen LogP contribution in [0.15, 0.2) is 21.1 Å². The molecule has 1 aromatic heterocycles. The molecule has 1 aliphatic rings. The third kappa shape index (κ3) is 2.44. The highest BCUT2D eigenvalue weighted by molar-refractivity contribution is 9.10. The summed E-state index contributed by atoms with van der Waals surface area (Å²) < 4.78 is 11.6. The summed E-state index contributed by atoms with van der Waals surface area (Å²) in [6.07, 6.45) is 4.19. The quantitative estimate of drug-likeness (QED) is 0.912. The fourth-order valence-electron chi connectivity index (χ4n) is 2.80. The number of carboxylic acid groups (broad SMARTS) is 1. The van der Waals surface area contributed by atoms with Crippen LogP contribution in [0.3, 0.4) is 0 Å². The van der Waals surface area contributed by atoms with E-state index < -0.39 is 5.97 Å². The minimum Gasteiger partial charge on any atom is -0.495 e. The van der Waals surface area contributed by atoms with Crippen molar-refractivity contribution in [1.82, 2.24) is 5.16 Å². The van der Waals surface area contributed by atoms with Gasteiger partial charge in [0.15, 0.2) is 11.5 Å². The van der Waals surface area contributed by atoms with Gasteiger partial charge in [0.25, 0.3) is 0 Å². The van der Waals surface area contributed by atoms with Crippen molar-refractivity contribution < 1.29 is 19.2 Å². The summed E-state index contributed by atoms with van der Waals surface area (Å²) in [5.74, 6) is -0.0136. The van der Waals surface area contributed by atoms with Gasteiger partial charge in [0.1, 0.15) is 5.75 Å². The molecule has 1 aromatic carbocycles. The first-order chi connectivity index (χ1) is 10.1. The number of benzene rings is 1. The zero-order valence-electron chi connectivity index (χ0n) is 11.5. The van der Waals surface area contributed by atoms with E-state index in [4.69, 9.17) is 14.4 Å². The molecule has 0 saturated carbocycles. The van der Waals surface area contributed by atoms with E-state index in [0.717, 1.165) is 41.3 Å². The molecule has 0 radical (unpaired) electrons. The highest BCUT2D eigenvalue weighted by Gasteiger charge is 2.24. The van der Waals surface area contributed by atoms with Crippen molar-refractivity contribution in [3.05, 3.63) is 33.4 Å². The molecule has 6 heteroatoms. The summed E-state index contributed by atoms with van der Waals surface area (Å²) in [6, 6.07) is 3.52. The molecule has 1 N–H and O–H groups in total. The Morgan fingerprint density at radius 3 is 2.81 bits per heavy atom. The molecule has 0 amide bonds. The fraction of sp³-hybridized carbons (Fsp3) is 0.333. The lowest BCUT2D eigenvalue weighted by atomic mass is 9.87. The van der Waals surface area contributed by atoms with Crippen molar-refractivity contribution in [2.75, 3.05) is 7.11 Å². The summed E-state index contributed by atoms with van der Waals surface area (Å²) in [7, 11) is 1.59. The van der Waals surface area contributed by atoms with E-state index in [9.17, 15) is 4.79 Å². The molecule has 0 spiro atoms. The summed E-state index contributed by atoms with van der Waals surface area (Å²) in [4.78, 5) is 11.0. The van der Waals surface area contributed by atoms with E-state index in [2.05, 4.69) is 27.2 Å². The number of hydrogen-bond acceptors (Lipinski definition) is 4. The number of ether oxygens (including phenoxy) is 1. The van der Waals surface area contributed by atoms with E-state index in [1.165, 1.54) is 11.6 Å². The minimum atomic E-state index is -1.10. The zero-order valence-corrected chi connectivity index (χ0v) is 13.1. The van der Waals surface area contributed by atoms with Gasteiger partial charge in [-0.2, -0.15) is 0 Å². The molecular weight excluding hydrogens is 338 g/mol. The third-order valence-corrected chi connectivity index (χ3v) is 4.33. The van der Waals surface area contributed by atoms with Crippen molar-refractivity contribution in [3.63, 3.8) is 0 Å². The lowest BCUT2D eigenvalue weighted by Gasteiger charge is -2.21. The molecule has 5 nitrogen and oxygen atoms in total. The van der Waals surface area contributed by atoms with Gasteiger partial charge in [0.2, 0.25) is 0 Å². The second-order valence-electron chi connectivity index (χ2n) is 4.99. The van der Waals surface area contributed by atoms with Gasteiger partial charge >= 0.3 is 5.97 Å². The summed E-state index contributed by atoms with van der Waals surface area (Å²) in [5, 5.41) is 12.6. The number of aromatic carboxylic acids is 1. The highest BCUT2D eigenvalue weighted by atomic mass is 79.9. The van der Waals surface area contributed by atoms with Gasteiger partial charge in [-0.15, -0.1) is 0 Å². The normalized spacial score (nSPS) is 13.8. The smallest absolute Gasteiger partial charge is 0.358 e. The summed E-state index contributed by atoms with van der Waals surface area (Å²) in [6.45, 7) is 0. The molecule has 0 aliphatic heterocycles. The molecule has 2 aromatic rings. The number of carbonyl (C=O) groups is 1. The molecule has 110 valence electrons. The first-order valence-corrected chi connectivity index (χ1v) is 7.49. The SMILES string of the molecule is COc1c(Br)cc2c(c1-c1cc(C(=O)O)no1)CCCC2. The first kappa shape index (κ1) is 14.1. The molecule has 1 heterocycles. The summed E-state index contributed by atoms with van der Waals surface area (Å²) in [5.41, 5.74) is 3.12. The number of hydrogen-bond donors (Lipinski definition) is 1. The second-order valence-corrected chi connectivity index (χ2v) is 5.85. The first-order valence-electron chi connectivity index (χ1n) is 6.70. The number of aromatic nitrogens is 1. The van der Waals surface area contributed by atoms with Crippen LogP contribution in [-0.2, 0) is 12.8 Å². The number of halogens is 1.